The van der Waals surface area contributed by atoms with E-state index in [1.807, 2.05) is 42.5 Å². The molecular weight excluding hydrogens is 383 g/mol. The van der Waals surface area contributed by atoms with Gasteiger partial charge in [0.05, 0.1) is 17.0 Å². The van der Waals surface area contributed by atoms with E-state index in [1.165, 1.54) is 12.1 Å². The molecule has 0 unspecified atom stereocenters. The predicted molar refractivity (Wildman–Crippen MR) is 111 cm³/mol. The van der Waals surface area contributed by atoms with Crippen molar-refractivity contribution >= 4 is 17.0 Å². The Balaban J connectivity index is 1.79. The molecule has 3 aromatic heterocycles. The van der Waals surface area contributed by atoms with Crippen LogP contribution in [-0.2, 0) is 0 Å². The van der Waals surface area contributed by atoms with Crippen molar-refractivity contribution in [1.29, 1.82) is 0 Å². The number of pyridine rings is 1. The molecule has 5 rings (SSSR count). The van der Waals surface area contributed by atoms with E-state index in [0.717, 1.165) is 22.6 Å². The summed E-state index contributed by atoms with van der Waals surface area (Å²) in [5.41, 5.74) is 3.75. The maximum absolute atomic E-state index is 14.2. The molecule has 0 spiro atoms. The Kier molecular flexibility index (Phi) is 4.14. The lowest BCUT2D eigenvalue weighted by Gasteiger charge is -2.06. The van der Waals surface area contributed by atoms with E-state index in [1.54, 1.807) is 12.4 Å². The predicted octanol–water partition coefficient (Wildman–Crippen LogP) is 5.12. The van der Waals surface area contributed by atoms with Gasteiger partial charge in [0.1, 0.15) is 17.3 Å². The minimum atomic E-state index is -1.20. The van der Waals surface area contributed by atoms with E-state index in [-0.39, 0.29) is 5.56 Å². The molecule has 2 aromatic carbocycles. The third kappa shape index (κ3) is 3.02. The van der Waals surface area contributed by atoms with Crippen molar-refractivity contribution in [2.24, 2.45) is 0 Å². The van der Waals surface area contributed by atoms with Crippen molar-refractivity contribution in [2.45, 2.75) is 0 Å². The average molecular weight is 398 g/mol. The number of rotatable bonds is 4. The second-order valence-electron chi connectivity index (χ2n) is 6.81. The van der Waals surface area contributed by atoms with Crippen LogP contribution < -0.4 is 0 Å². The van der Waals surface area contributed by atoms with Crippen LogP contribution in [0.15, 0.2) is 73.1 Å². The smallest absolute Gasteiger partial charge is 0.335 e. The minimum absolute atomic E-state index is 0.137. The maximum atomic E-state index is 14.2. The molecule has 0 aliphatic rings. The van der Waals surface area contributed by atoms with E-state index in [0.29, 0.717) is 28.4 Å². The van der Waals surface area contributed by atoms with Crippen molar-refractivity contribution in [3.8, 4) is 33.9 Å². The zero-order chi connectivity index (χ0) is 20.7. The number of imidazole rings is 1. The van der Waals surface area contributed by atoms with E-state index < -0.39 is 11.8 Å². The molecule has 0 atom stereocenters. The van der Waals surface area contributed by atoms with Crippen LogP contribution in [0.4, 0.5) is 4.39 Å². The Hall–Kier alpha value is -4.26. The SMILES string of the molecule is O=C(O)c1cc(F)cc(-c2nc(-c3ccccc3)[nH]c2-c2ccnc3[nH]ccc23)c1. The number of nitrogens with one attached hydrogen (secondary N) is 2. The second kappa shape index (κ2) is 6.97. The molecule has 146 valence electrons. The number of hydrogen-bond acceptors (Lipinski definition) is 3. The van der Waals surface area contributed by atoms with Crippen molar-refractivity contribution in [2.75, 3.05) is 0 Å². The molecule has 0 amide bonds. The monoisotopic (exact) mass is 398 g/mol. The fourth-order valence-corrected chi connectivity index (χ4v) is 3.54. The van der Waals surface area contributed by atoms with Crippen molar-refractivity contribution in [1.82, 2.24) is 19.9 Å². The Bertz CT molecular complexity index is 1390. The standard InChI is InChI=1S/C23H15FN4O2/c24-16-11-14(10-15(12-16)23(29)30)19-20(17-6-8-25-22-18(17)7-9-26-22)28-21(27-19)13-4-2-1-3-5-13/h1-12H,(H,25,26)(H,27,28)(H,29,30). The second-order valence-corrected chi connectivity index (χ2v) is 6.81. The summed E-state index contributed by atoms with van der Waals surface area (Å²) < 4.78 is 14.2. The number of benzene rings is 2. The molecule has 0 radical (unpaired) electrons. The first kappa shape index (κ1) is 17.8. The Morgan fingerprint density at radius 1 is 1.00 bits per heavy atom. The molecule has 0 saturated heterocycles. The molecule has 0 fully saturated rings. The largest absolute Gasteiger partial charge is 0.478 e. The van der Waals surface area contributed by atoms with E-state index in [9.17, 15) is 14.3 Å². The molecule has 3 heterocycles. The highest BCUT2D eigenvalue weighted by atomic mass is 19.1. The lowest BCUT2D eigenvalue weighted by atomic mass is 10.0. The number of hydrogen-bond donors (Lipinski definition) is 3. The number of carbonyl (C=O) groups is 1. The summed E-state index contributed by atoms with van der Waals surface area (Å²) in [6.07, 6.45) is 3.47. The van der Waals surface area contributed by atoms with Crippen LogP contribution >= 0.6 is 0 Å². The van der Waals surface area contributed by atoms with Crippen LogP contribution in [0.25, 0.3) is 44.9 Å². The molecular formula is C23H15FN4O2. The summed E-state index contributed by atoms with van der Waals surface area (Å²) in [5, 5.41) is 10.2. The van der Waals surface area contributed by atoms with Gasteiger partial charge in [-0.2, -0.15) is 0 Å². The number of aromatic nitrogens is 4. The van der Waals surface area contributed by atoms with Gasteiger partial charge in [-0.3, -0.25) is 0 Å². The van der Waals surface area contributed by atoms with Gasteiger partial charge in [-0.05, 0) is 30.3 Å². The van der Waals surface area contributed by atoms with E-state index >= 15 is 0 Å². The summed E-state index contributed by atoms with van der Waals surface area (Å²) in [4.78, 5) is 26.9. The summed E-state index contributed by atoms with van der Waals surface area (Å²) in [5.74, 6) is -1.24. The zero-order valence-corrected chi connectivity index (χ0v) is 15.6. The fourth-order valence-electron chi connectivity index (χ4n) is 3.54. The van der Waals surface area contributed by atoms with Crippen molar-refractivity contribution in [3.05, 3.63) is 84.4 Å². The molecule has 0 aliphatic heterocycles. The Labute approximate surface area is 170 Å². The highest BCUT2D eigenvalue weighted by Crippen LogP contribution is 2.36. The van der Waals surface area contributed by atoms with Gasteiger partial charge in [0, 0.05) is 34.5 Å². The van der Waals surface area contributed by atoms with Crippen molar-refractivity contribution < 1.29 is 14.3 Å². The molecule has 5 aromatic rings. The molecule has 0 bridgehead atoms. The first-order valence-corrected chi connectivity index (χ1v) is 9.22. The Morgan fingerprint density at radius 2 is 1.83 bits per heavy atom. The van der Waals surface area contributed by atoms with Gasteiger partial charge in [-0.15, -0.1) is 0 Å². The third-order valence-corrected chi connectivity index (χ3v) is 4.90. The zero-order valence-electron chi connectivity index (χ0n) is 15.6. The number of nitrogens with zero attached hydrogens (tertiary/aromatic N) is 2. The first-order chi connectivity index (χ1) is 14.6. The number of halogens is 1. The van der Waals surface area contributed by atoms with Gasteiger partial charge < -0.3 is 15.1 Å². The lowest BCUT2D eigenvalue weighted by molar-refractivity contribution is 0.0696. The summed E-state index contributed by atoms with van der Waals surface area (Å²) in [7, 11) is 0. The Morgan fingerprint density at radius 3 is 2.63 bits per heavy atom. The van der Waals surface area contributed by atoms with Gasteiger partial charge in [-0.25, -0.2) is 19.2 Å². The summed E-state index contributed by atoms with van der Waals surface area (Å²) >= 11 is 0. The minimum Gasteiger partial charge on any atom is -0.478 e. The maximum Gasteiger partial charge on any atom is 0.335 e. The van der Waals surface area contributed by atoms with Gasteiger partial charge in [0.2, 0.25) is 0 Å². The third-order valence-electron chi connectivity index (χ3n) is 4.90. The quantitative estimate of drug-likeness (QED) is 0.391. The van der Waals surface area contributed by atoms with E-state index in [2.05, 4.69) is 15.0 Å². The number of fused-ring (bicyclic) bond motifs is 1. The lowest BCUT2D eigenvalue weighted by Crippen LogP contribution is -1.98. The molecule has 0 aliphatic carbocycles. The highest BCUT2D eigenvalue weighted by Gasteiger charge is 2.19. The van der Waals surface area contributed by atoms with Gasteiger partial charge in [0.15, 0.2) is 0 Å². The van der Waals surface area contributed by atoms with Crippen LogP contribution in [0, 0.1) is 5.82 Å². The van der Waals surface area contributed by atoms with Crippen LogP contribution in [0.3, 0.4) is 0 Å². The summed E-state index contributed by atoms with van der Waals surface area (Å²) in [6, 6.07) is 17.0. The molecule has 7 heteroatoms. The van der Waals surface area contributed by atoms with Crippen molar-refractivity contribution in [3.63, 3.8) is 0 Å². The van der Waals surface area contributed by atoms with Crippen LogP contribution in [-0.4, -0.2) is 31.0 Å². The highest BCUT2D eigenvalue weighted by molar-refractivity contribution is 5.97. The molecule has 0 saturated carbocycles. The number of carboxylic acids is 1. The van der Waals surface area contributed by atoms with Gasteiger partial charge in [0.25, 0.3) is 0 Å². The van der Waals surface area contributed by atoms with E-state index in [4.69, 9.17) is 4.98 Å². The normalized spacial score (nSPS) is 11.1. The molecule has 3 N–H and O–H groups in total. The molecule has 30 heavy (non-hydrogen) atoms. The van der Waals surface area contributed by atoms with Gasteiger partial charge in [-0.1, -0.05) is 30.3 Å². The number of aromatic carboxylic acids is 1. The first-order valence-electron chi connectivity index (χ1n) is 9.22. The van der Waals surface area contributed by atoms with Gasteiger partial charge >= 0.3 is 5.97 Å². The molecule has 6 nitrogen and oxygen atoms in total. The van der Waals surface area contributed by atoms with Crippen LogP contribution in [0.5, 0.6) is 0 Å². The number of aromatic amines is 2. The average Bonchev–Trinajstić information content (AvgIpc) is 3.41. The number of carboxylic acid groups (broad SMARTS) is 1. The van der Waals surface area contributed by atoms with Crippen LogP contribution in [0.2, 0.25) is 0 Å². The summed E-state index contributed by atoms with van der Waals surface area (Å²) in [6.45, 7) is 0. The fraction of sp³-hybridized carbons (Fsp3) is 0. The topological polar surface area (TPSA) is 94.7 Å². The number of H-pyrrole nitrogens is 2. The van der Waals surface area contributed by atoms with Crippen LogP contribution in [0.1, 0.15) is 10.4 Å².